The number of methoxy groups -OCH3 is 1. The van der Waals surface area contributed by atoms with E-state index in [4.69, 9.17) is 9.47 Å². The highest BCUT2D eigenvalue weighted by Crippen LogP contribution is 2.43. The summed E-state index contributed by atoms with van der Waals surface area (Å²) in [5, 5.41) is 11.5. The largest absolute Gasteiger partial charge is 0.507 e. The molecule has 6 heteroatoms. The average Bonchev–Trinajstić information content (AvgIpc) is 3.22. The first-order valence-electron chi connectivity index (χ1n) is 12.7. The summed E-state index contributed by atoms with van der Waals surface area (Å²) in [6.07, 6.45) is 0. The molecule has 0 aliphatic carbocycles. The van der Waals surface area contributed by atoms with Gasteiger partial charge in [-0.2, -0.15) is 0 Å². The first kappa shape index (κ1) is 25.8. The fourth-order valence-corrected chi connectivity index (χ4v) is 4.86. The molecule has 5 rings (SSSR count). The molecule has 1 aliphatic rings. The molecule has 1 fully saturated rings. The van der Waals surface area contributed by atoms with E-state index in [0.717, 1.165) is 22.3 Å². The quantitative estimate of drug-likeness (QED) is 0.171. The maximum Gasteiger partial charge on any atom is 0.300 e. The third-order valence-corrected chi connectivity index (χ3v) is 6.82. The minimum absolute atomic E-state index is 0.0331. The van der Waals surface area contributed by atoms with Crippen molar-refractivity contribution in [2.75, 3.05) is 12.0 Å². The van der Waals surface area contributed by atoms with Gasteiger partial charge in [0.2, 0.25) is 0 Å². The van der Waals surface area contributed by atoms with Crippen molar-refractivity contribution < 1.29 is 24.2 Å². The van der Waals surface area contributed by atoms with Gasteiger partial charge < -0.3 is 14.6 Å². The topological polar surface area (TPSA) is 76.1 Å². The van der Waals surface area contributed by atoms with Crippen LogP contribution in [0.4, 0.5) is 5.69 Å². The van der Waals surface area contributed by atoms with Gasteiger partial charge in [-0.3, -0.25) is 14.5 Å². The van der Waals surface area contributed by atoms with Gasteiger partial charge in [-0.1, -0.05) is 66.2 Å². The highest BCUT2D eigenvalue weighted by Gasteiger charge is 2.47. The first-order valence-corrected chi connectivity index (χ1v) is 12.7. The Hall–Kier alpha value is -4.84. The lowest BCUT2D eigenvalue weighted by molar-refractivity contribution is -0.132. The number of ether oxygens (including phenoxy) is 2. The van der Waals surface area contributed by atoms with Crippen LogP contribution in [-0.4, -0.2) is 23.9 Å². The predicted molar refractivity (Wildman–Crippen MR) is 151 cm³/mol. The second-order valence-electron chi connectivity index (χ2n) is 9.54. The maximum atomic E-state index is 13.5. The monoisotopic (exact) mass is 519 g/mol. The summed E-state index contributed by atoms with van der Waals surface area (Å²) >= 11 is 0. The van der Waals surface area contributed by atoms with E-state index in [1.807, 2.05) is 68.4 Å². The molecular formula is C33H29NO5. The number of carbonyl (C=O) groups is 2. The molecule has 1 N–H and O–H groups in total. The third-order valence-electron chi connectivity index (χ3n) is 6.82. The molecule has 1 saturated heterocycles. The second-order valence-corrected chi connectivity index (χ2v) is 9.54. The average molecular weight is 520 g/mol. The van der Waals surface area contributed by atoms with Gasteiger partial charge in [0.15, 0.2) is 0 Å². The molecule has 196 valence electrons. The second kappa shape index (κ2) is 10.9. The lowest BCUT2D eigenvalue weighted by atomic mass is 9.94. The van der Waals surface area contributed by atoms with Crippen molar-refractivity contribution in [2.45, 2.75) is 26.5 Å². The van der Waals surface area contributed by atoms with Crippen molar-refractivity contribution >= 4 is 23.1 Å². The molecule has 1 amide bonds. The molecular weight excluding hydrogens is 490 g/mol. The molecule has 1 heterocycles. The van der Waals surface area contributed by atoms with Crippen LogP contribution in [0.25, 0.3) is 5.76 Å². The van der Waals surface area contributed by atoms with Crippen LogP contribution in [0, 0.1) is 13.8 Å². The number of nitrogens with zero attached hydrogens (tertiary/aromatic N) is 1. The summed E-state index contributed by atoms with van der Waals surface area (Å²) in [7, 11) is 1.54. The number of benzene rings is 4. The number of carbonyl (C=O) groups excluding carboxylic acids is 2. The zero-order chi connectivity index (χ0) is 27.5. The summed E-state index contributed by atoms with van der Waals surface area (Å²) in [6.45, 7) is 4.23. The molecule has 4 aromatic carbocycles. The van der Waals surface area contributed by atoms with E-state index in [-0.39, 0.29) is 11.3 Å². The molecule has 6 nitrogen and oxygen atoms in total. The fraction of sp³-hybridized carbons (Fsp3) is 0.152. The zero-order valence-electron chi connectivity index (χ0n) is 22.0. The minimum atomic E-state index is -0.814. The Labute approximate surface area is 227 Å². The summed E-state index contributed by atoms with van der Waals surface area (Å²) in [6, 6.07) is 28.8. The number of anilines is 1. The van der Waals surface area contributed by atoms with Gasteiger partial charge in [-0.15, -0.1) is 0 Å². The van der Waals surface area contributed by atoms with Crippen LogP contribution in [0.3, 0.4) is 0 Å². The van der Waals surface area contributed by atoms with E-state index in [1.165, 1.54) is 4.90 Å². The van der Waals surface area contributed by atoms with Gasteiger partial charge >= 0.3 is 0 Å². The SMILES string of the molecule is COc1cccc(N2C(=O)C(=O)/C(=C(/O)c3ccc(OCc4ccccc4)c(C)c3)C2c2cccc(C)c2)c1. The third kappa shape index (κ3) is 5.14. The van der Waals surface area contributed by atoms with Gasteiger partial charge in [0.05, 0.1) is 18.7 Å². The van der Waals surface area contributed by atoms with Crippen LogP contribution in [0.15, 0.2) is 103 Å². The van der Waals surface area contributed by atoms with Crippen LogP contribution in [0.5, 0.6) is 11.5 Å². The molecule has 0 bridgehead atoms. The predicted octanol–water partition coefficient (Wildman–Crippen LogP) is 6.52. The molecule has 1 aliphatic heterocycles. The molecule has 0 aromatic heterocycles. The Morgan fingerprint density at radius 1 is 0.872 bits per heavy atom. The lowest BCUT2D eigenvalue weighted by Crippen LogP contribution is -2.29. The van der Waals surface area contributed by atoms with E-state index in [9.17, 15) is 14.7 Å². The molecule has 0 spiro atoms. The number of ketones is 1. The molecule has 1 atom stereocenters. The molecule has 1 unspecified atom stereocenters. The van der Waals surface area contributed by atoms with Crippen LogP contribution < -0.4 is 14.4 Å². The van der Waals surface area contributed by atoms with Crippen molar-refractivity contribution in [3.63, 3.8) is 0 Å². The van der Waals surface area contributed by atoms with Crippen LogP contribution >= 0.6 is 0 Å². The lowest BCUT2D eigenvalue weighted by Gasteiger charge is -2.26. The zero-order valence-corrected chi connectivity index (χ0v) is 22.0. The number of hydrogen-bond donors (Lipinski definition) is 1. The number of amides is 1. The van der Waals surface area contributed by atoms with Crippen molar-refractivity contribution in [3.8, 4) is 11.5 Å². The highest BCUT2D eigenvalue weighted by atomic mass is 16.5. The van der Waals surface area contributed by atoms with Crippen LogP contribution in [-0.2, 0) is 16.2 Å². The standard InChI is InChI=1S/C33H29NO5/c1-21-9-7-12-24(17-21)30-29(32(36)33(37)34(30)26-13-8-14-27(19-26)38-3)31(35)25-15-16-28(22(2)18-25)39-20-23-10-5-4-6-11-23/h4-19,30,35H,20H2,1-3H3/b31-29+. The van der Waals surface area contributed by atoms with Gasteiger partial charge in [-0.25, -0.2) is 0 Å². The number of Topliss-reactive ketones (excluding diaryl/α,β-unsaturated/α-hetero) is 1. The number of hydrogen-bond acceptors (Lipinski definition) is 5. The summed E-state index contributed by atoms with van der Waals surface area (Å²) in [5.74, 6) is -0.468. The number of aryl methyl sites for hydroxylation is 2. The Morgan fingerprint density at radius 2 is 1.64 bits per heavy atom. The normalized spacial score (nSPS) is 16.4. The molecule has 4 aromatic rings. The van der Waals surface area contributed by atoms with Gasteiger partial charge in [0.25, 0.3) is 11.7 Å². The Kier molecular flexibility index (Phi) is 7.19. The molecule has 39 heavy (non-hydrogen) atoms. The van der Waals surface area contributed by atoms with E-state index in [1.54, 1.807) is 49.6 Å². The molecule has 0 saturated carbocycles. The Bertz CT molecular complexity index is 1570. The Morgan fingerprint density at radius 3 is 2.36 bits per heavy atom. The first-order chi connectivity index (χ1) is 18.9. The van der Waals surface area contributed by atoms with Crippen molar-refractivity contribution in [1.29, 1.82) is 0 Å². The van der Waals surface area contributed by atoms with E-state index < -0.39 is 17.7 Å². The Balaban J connectivity index is 1.57. The molecule has 0 radical (unpaired) electrons. The smallest absolute Gasteiger partial charge is 0.300 e. The van der Waals surface area contributed by atoms with Crippen molar-refractivity contribution in [2.24, 2.45) is 0 Å². The minimum Gasteiger partial charge on any atom is -0.507 e. The van der Waals surface area contributed by atoms with Crippen molar-refractivity contribution in [1.82, 2.24) is 0 Å². The summed E-state index contributed by atoms with van der Waals surface area (Å²) in [4.78, 5) is 28.3. The van der Waals surface area contributed by atoms with Crippen LogP contribution in [0.1, 0.15) is 33.9 Å². The van der Waals surface area contributed by atoms with Gasteiger partial charge in [0.1, 0.15) is 23.9 Å². The number of rotatable bonds is 7. The van der Waals surface area contributed by atoms with Gasteiger partial charge in [-0.05, 0) is 60.9 Å². The maximum absolute atomic E-state index is 13.5. The van der Waals surface area contributed by atoms with Crippen LogP contribution in [0.2, 0.25) is 0 Å². The van der Waals surface area contributed by atoms with Crippen molar-refractivity contribution in [3.05, 3.63) is 130 Å². The fourth-order valence-electron chi connectivity index (χ4n) is 4.86. The summed E-state index contributed by atoms with van der Waals surface area (Å²) in [5.41, 5.74) is 4.50. The number of aliphatic hydroxyl groups is 1. The number of aliphatic hydroxyl groups excluding tert-OH is 1. The van der Waals surface area contributed by atoms with E-state index in [2.05, 4.69) is 0 Å². The summed E-state index contributed by atoms with van der Waals surface area (Å²) < 4.78 is 11.3. The van der Waals surface area contributed by atoms with E-state index >= 15 is 0 Å². The highest BCUT2D eigenvalue weighted by molar-refractivity contribution is 6.51. The van der Waals surface area contributed by atoms with Gasteiger partial charge in [0, 0.05) is 17.3 Å². The van der Waals surface area contributed by atoms with E-state index in [0.29, 0.717) is 29.4 Å².